The van der Waals surface area contributed by atoms with Gasteiger partial charge in [-0.2, -0.15) is 0 Å². The fraction of sp³-hybridized carbons (Fsp3) is 0.375. The first-order valence-electron chi connectivity index (χ1n) is 3.83. The highest BCUT2D eigenvalue weighted by molar-refractivity contribution is 8.01. The van der Waals surface area contributed by atoms with Crippen molar-refractivity contribution in [3.8, 4) is 0 Å². The molecule has 0 bridgehead atoms. The van der Waals surface area contributed by atoms with Crippen molar-refractivity contribution < 1.29 is 4.79 Å². The second-order valence-electron chi connectivity index (χ2n) is 2.85. The van der Waals surface area contributed by atoms with E-state index >= 15 is 0 Å². The zero-order valence-corrected chi connectivity index (χ0v) is 7.25. The van der Waals surface area contributed by atoms with E-state index in [0.717, 1.165) is 0 Å². The molecule has 64 valence electrons. The molecule has 12 heavy (non-hydrogen) atoms. The molecule has 1 amide bonds. The Labute approximate surface area is 75.1 Å². The van der Waals surface area contributed by atoms with E-state index in [0.29, 0.717) is 5.25 Å². The maximum absolute atomic E-state index is 10.8. The summed E-state index contributed by atoms with van der Waals surface area (Å²) in [7, 11) is 0. The first-order valence-corrected chi connectivity index (χ1v) is 4.77. The molecule has 0 aromatic heterocycles. The molecule has 0 saturated carbocycles. The maximum Gasteiger partial charge on any atom is 0.244 e. The van der Waals surface area contributed by atoms with Crippen LogP contribution in [-0.4, -0.2) is 22.6 Å². The second-order valence-corrected chi connectivity index (χ2v) is 4.13. The van der Waals surface area contributed by atoms with Crippen molar-refractivity contribution in [1.29, 1.82) is 0 Å². The third-order valence-electron chi connectivity index (χ3n) is 1.98. The molecule has 0 aromatic carbocycles. The highest BCUT2D eigenvalue weighted by atomic mass is 32.2. The molecular formula is C8H10N2OS. The smallest absolute Gasteiger partial charge is 0.244 e. The number of amides is 1. The highest BCUT2D eigenvalue weighted by Crippen LogP contribution is 2.30. The van der Waals surface area contributed by atoms with Gasteiger partial charge in [0, 0.05) is 11.3 Å². The van der Waals surface area contributed by atoms with E-state index in [1.807, 2.05) is 12.2 Å². The van der Waals surface area contributed by atoms with Gasteiger partial charge in [-0.15, -0.1) is 11.8 Å². The summed E-state index contributed by atoms with van der Waals surface area (Å²) in [5.74, 6) is -0.281. The molecule has 2 rings (SSSR count). The fourth-order valence-corrected chi connectivity index (χ4v) is 2.59. The number of hydrogen-bond acceptors (Lipinski definition) is 3. The van der Waals surface area contributed by atoms with Crippen molar-refractivity contribution in [1.82, 2.24) is 5.32 Å². The third kappa shape index (κ3) is 1.28. The number of rotatable bonds is 1. The second kappa shape index (κ2) is 2.95. The van der Waals surface area contributed by atoms with Crippen molar-refractivity contribution >= 4 is 17.7 Å². The van der Waals surface area contributed by atoms with Gasteiger partial charge in [-0.25, -0.2) is 0 Å². The molecular weight excluding hydrogens is 172 g/mol. The monoisotopic (exact) mass is 182 g/mol. The molecule has 3 atom stereocenters. The van der Waals surface area contributed by atoms with Gasteiger partial charge in [-0.3, -0.25) is 10.1 Å². The number of fused-ring (bicyclic) bond motifs is 1. The molecule has 2 aliphatic rings. The number of nitrogens with two attached hydrogens (primary N) is 1. The minimum atomic E-state index is -0.281. The topological polar surface area (TPSA) is 55.1 Å². The number of primary amides is 1. The van der Waals surface area contributed by atoms with Crippen LogP contribution in [0.15, 0.2) is 24.3 Å². The predicted octanol–water partition coefficient (Wildman–Crippen LogP) is -0.00260. The van der Waals surface area contributed by atoms with E-state index in [9.17, 15) is 4.79 Å². The largest absolute Gasteiger partial charge is 0.368 e. The molecule has 1 heterocycles. The van der Waals surface area contributed by atoms with Crippen LogP contribution in [-0.2, 0) is 4.79 Å². The van der Waals surface area contributed by atoms with Gasteiger partial charge in [-0.05, 0) is 0 Å². The van der Waals surface area contributed by atoms with Gasteiger partial charge in [-0.1, -0.05) is 24.3 Å². The molecule has 3 unspecified atom stereocenters. The van der Waals surface area contributed by atoms with Crippen molar-refractivity contribution in [2.24, 2.45) is 5.73 Å². The van der Waals surface area contributed by atoms with Crippen LogP contribution in [0.25, 0.3) is 0 Å². The summed E-state index contributed by atoms with van der Waals surface area (Å²) < 4.78 is 0. The SMILES string of the molecule is NC(=O)C1NC2C=CC=CC2S1. The minimum Gasteiger partial charge on any atom is -0.368 e. The van der Waals surface area contributed by atoms with Crippen LogP contribution in [0.2, 0.25) is 0 Å². The Morgan fingerprint density at radius 2 is 2.17 bits per heavy atom. The maximum atomic E-state index is 10.8. The summed E-state index contributed by atoms with van der Waals surface area (Å²) in [5, 5.41) is 3.28. The molecule has 3 nitrogen and oxygen atoms in total. The lowest BCUT2D eigenvalue weighted by Gasteiger charge is -2.12. The summed E-state index contributed by atoms with van der Waals surface area (Å²) >= 11 is 1.58. The van der Waals surface area contributed by atoms with Crippen LogP contribution in [0.1, 0.15) is 0 Å². The van der Waals surface area contributed by atoms with Crippen LogP contribution in [0.4, 0.5) is 0 Å². The Balaban J connectivity index is 2.10. The number of thioether (sulfide) groups is 1. The van der Waals surface area contributed by atoms with E-state index in [1.165, 1.54) is 0 Å². The first-order chi connectivity index (χ1) is 5.77. The summed E-state index contributed by atoms with van der Waals surface area (Å²) in [4.78, 5) is 10.8. The normalized spacial score (nSPS) is 38.2. The average Bonchev–Trinajstić information content (AvgIpc) is 2.46. The summed E-state index contributed by atoms with van der Waals surface area (Å²) in [5.41, 5.74) is 5.18. The molecule has 3 N–H and O–H groups in total. The minimum absolute atomic E-state index is 0.229. The molecule has 0 spiro atoms. The number of carbonyl (C=O) groups is 1. The molecule has 0 radical (unpaired) electrons. The zero-order valence-electron chi connectivity index (χ0n) is 6.44. The number of hydrogen-bond donors (Lipinski definition) is 2. The molecule has 1 aliphatic heterocycles. The van der Waals surface area contributed by atoms with Gasteiger partial charge in [0.15, 0.2) is 0 Å². The van der Waals surface area contributed by atoms with Crippen molar-refractivity contribution in [2.75, 3.05) is 0 Å². The zero-order chi connectivity index (χ0) is 8.55. The quantitative estimate of drug-likeness (QED) is 0.600. The average molecular weight is 182 g/mol. The van der Waals surface area contributed by atoms with Crippen LogP contribution < -0.4 is 11.1 Å². The van der Waals surface area contributed by atoms with Crippen molar-refractivity contribution in [2.45, 2.75) is 16.7 Å². The Morgan fingerprint density at radius 1 is 1.42 bits per heavy atom. The molecule has 1 saturated heterocycles. The fourth-order valence-electron chi connectivity index (χ4n) is 1.39. The molecule has 1 fully saturated rings. The summed E-state index contributed by atoms with van der Waals surface area (Å²) in [6.45, 7) is 0. The van der Waals surface area contributed by atoms with Gasteiger partial charge < -0.3 is 5.73 Å². The standard InChI is InChI=1S/C8H10N2OS/c9-7(11)8-10-5-3-1-2-4-6(5)12-8/h1-6,8,10H,(H2,9,11). The van der Waals surface area contributed by atoms with E-state index in [2.05, 4.69) is 17.5 Å². The number of allylic oxidation sites excluding steroid dienone is 2. The van der Waals surface area contributed by atoms with E-state index in [-0.39, 0.29) is 17.3 Å². The summed E-state index contributed by atoms with van der Waals surface area (Å²) in [6.07, 6.45) is 8.13. The lowest BCUT2D eigenvalue weighted by atomic mass is 10.1. The Hall–Kier alpha value is -0.740. The van der Waals surface area contributed by atoms with Crippen LogP contribution in [0.3, 0.4) is 0 Å². The molecule has 4 heteroatoms. The van der Waals surface area contributed by atoms with E-state index in [1.54, 1.807) is 11.8 Å². The Kier molecular flexibility index (Phi) is 1.94. The summed E-state index contributed by atoms with van der Waals surface area (Å²) in [6, 6.07) is 0.275. The van der Waals surface area contributed by atoms with Gasteiger partial charge in [0.25, 0.3) is 0 Å². The lowest BCUT2D eigenvalue weighted by molar-refractivity contribution is -0.117. The lowest BCUT2D eigenvalue weighted by Crippen LogP contribution is -2.38. The van der Waals surface area contributed by atoms with Gasteiger partial charge in [0.1, 0.15) is 5.37 Å². The van der Waals surface area contributed by atoms with E-state index in [4.69, 9.17) is 5.73 Å². The predicted molar refractivity (Wildman–Crippen MR) is 49.6 cm³/mol. The van der Waals surface area contributed by atoms with Gasteiger partial charge in [0.2, 0.25) is 5.91 Å². The third-order valence-corrected chi connectivity index (χ3v) is 3.38. The first kappa shape index (κ1) is 7.89. The van der Waals surface area contributed by atoms with Crippen LogP contribution >= 0.6 is 11.8 Å². The van der Waals surface area contributed by atoms with Crippen molar-refractivity contribution in [3.63, 3.8) is 0 Å². The van der Waals surface area contributed by atoms with Gasteiger partial charge in [0.05, 0.1) is 0 Å². The Bertz CT molecular complexity index is 242. The van der Waals surface area contributed by atoms with Gasteiger partial charge >= 0.3 is 0 Å². The molecule has 1 aliphatic carbocycles. The van der Waals surface area contributed by atoms with E-state index < -0.39 is 0 Å². The number of carbonyl (C=O) groups excluding carboxylic acids is 1. The number of nitrogens with one attached hydrogen (secondary N) is 1. The van der Waals surface area contributed by atoms with Crippen molar-refractivity contribution in [3.05, 3.63) is 24.3 Å². The molecule has 0 aromatic rings. The highest BCUT2D eigenvalue weighted by Gasteiger charge is 2.34. The van der Waals surface area contributed by atoms with Crippen LogP contribution in [0, 0.1) is 0 Å². The Morgan fingerprint density at radius 3 is 2.83 bits per heavy atom. The van der Waals surface area contributed by atoms with Crippen LogP contribution in [0.5, 0.6) is 0 Å².